The van der Waals surface area contributed by atoms with Crippen molar-refractivity contribution in [3.05, 3.63) is 71.3 Å². The predicted molar refractivity (Wildman–Crippen MR) is 105 cm³/mol. The average Bonchev–Trinajstić information content (AvgIpc) is 2.77. The summed E-state index contributed by atoms with van der Waals surface area (Å²) in [7, 11) is 0. The van der Waals surface area contributed by atoms with E-state index in [9.17, 15) is 19.2 Å². The van der Waals surface area contributed by atoms with Gasteiger partial charge in [0.15, 0.2) is 12.4 Å². The van der Waals surface area contributed by atoms with Crippen LogP contribution in [0.5, 0.6) is 0 Å². The first kappa shape index (κ1) is 20.3. The van der Waals surface area contributed by atoms with Gasteiger partial charge in [-0.05, 0) is 6.07 Å². The molecular weight excluding hydrogens is 372 g/mol. The third-order valence-electron chi connectivity index (χ3n) is 4.83. The van der Waals surface area contributed by atoms with Gasteiger partial charge in [0.2, 0.25) is 5.91 Å². The number of amides is 2. The lowest BCUT2D eigenvalue weighted by atomic mass is 9.98. The molecule has 0 bridgehead atoms. The fourth-order valence-electron chi connectivity index (χ4n) is 3.17. The molecule has 0 spiro atoms. The van der Waals surface area contributed by atoms with Crippen LogP contribution in [0.25, 0.3) is 0 Å². The Labute approximate surface area is 168 Å². The summed E-state index contributed by atoms with van der Waals surface area (Å²) in [6.45, 7) is 2.81. The maximum Gasteiger partial charge on any atom is 0.339 e. The molecule has 0 saturated carbocycles. The molecule has 0 N–H and O–H groups in total. The van der Waals surface area contributed by atoms with Crippen molar-refractivity contribution in [1.29, 1.82) is 0 Å². The number of ketones is 1. The van der Waals surface area contributed by atoms with E-state index in [4.69, 9.17) is 4.74 Å². The quantitative estimate of drug-likeness (QED) is 0.570. The lowest BCUT2D eigenvalue weighted by molar-refractivity contribution is -0.140. The zero-order valence-electron chi connectivity index (χ0n) is 16.2. The van der Waals surface area contributed by atoms with Crippen LogP contribution in [0.15, 0.2) is 54.6 Å². The topological polar surface area (TPSA) is 84.0 Å². The standard InChI is InChI=1S/C22H22N2O5/c1-16(25)23-11-13-24(14-12-23)20(26)15-29-22(28)19-10-6-5-9-18(19)21(27)17-7-3-2-4-8-17/h2-10H,11-15H2,1H3. The van der Waals surface area contributed by atoms with Crippen LogP contribution in [-0.4, -0.2) is 66.2 Å². The number of benzene rings is 2. The van der Waals surface area contributed by atoms with Gasteiger partial charge in [-0.15, -0.1) is 0 Å². The largest absolute Gasteiger partial charge is 0.452 e. The van der Waals surface area contributed by atoms with Crippen molar-refractivity contribution in [3.63, 3.8) is 0 Å². The molecule has 2 aromatic rings. The lowest BCUT2D eigenvalue weighted by Gasteiger charge is -2.34. The van der Waals surface area contributed by atoms with E-state index < -0.39 is 12.6 Å². The van der Waals surface area contributed by atoms with E-state index in [-0.39, 0.29) is 28.7 Å². The summed E-state index contributed by atoms with van der Waals surface area (Å²) < 4.78 is 5.18. The summed E-state index contributed by atoms with van der Waals surface area (Å²) in [6, 6.07) is 15.0. The zero-order chi connectivity index (χ0) is 20.8. The molecular formula is C22H22N2O5. The molecule has 1 fully saturated rings. The SMILES string of the molecule is CC(=O)N1CCN(C(=O)COC(=O)c2ccccc2C(=O)c2ccccc2)CC1. The number of ether oxygens (including phenoxy) is 1. The molecule has 0 aromatic heterocycles. The molecule has 1 aliphatic heterocycles. The number of nitrogens with zero attached hydrogens (tertiary/aromatic N) is 2. The Balaban J connectivity index is 1.62. The van der Waals surface area contributed by atoms with Gasteiger partial charge in [-0.25, -0.2) is 4.79 Å². The summed E-state index contributed by atoms with van der Waals surface area (Å²) in [5, 5.41) is 0. The fraction of sp³-hybridized carbons (Fsp3) is 0.273. The zero-order valence-corrected chi connectivity index (χ0v) is 16.2. The Bertz CT molecular complexity index is 918. The molecule has 7 nitrogen and oxygen atoms in total. The highest BCUT2D eigenvalue weighted by atomic mass is 16.5. The van der Waals surface area contributed by atoms with Gasteiger partial charge in [0.25, 0.3) is 5.91 Å². The first-order valence-electron chi connectivity index (χ1n) is 9.36. The summed E-state index contributed by atoms with van der Waals surface area (Å²) >= 11 is 0. The summed E-state index contributed by atoms with van der Waals surface area (Å²) in [5.41, 5.74) is 0.814. The Morgan fingerprint density at radius 3 is 1.97 bits per heavy atom. The van der Waals surface area contributed by atoms with Crippen LogP contribution in [0, 0.1) is 0 Å². The molecule has 0 radical (unpaired) electrons. The highest BCUT2D eigenvalue weighted by molar-refractivity contribution is 6.14. The van der Waals surface area contributed by atoms with Crippen LogP contribution in [-0.2, 0) is 14.3 Å². The Morgan fingerprint density at radius 2 is 1.34 bits per heavy atom. The summed E-state index contributed by atoms with van der Waals surface area (Å²) in [4.78, 5) is 52.2. The number of hydrogen-bond donors (Lipinski definition) is 0. The molecule has 0 aliphatic carbocycles. The Morgan fingerprint density at radius 1 is 0.793 bits per heavy atom. The first-order valence-corrected chi connectivity index (χ1v) is 9.36. The van der Waals surface area contributed by atoms with Crippen LogP contribution in [0.1, 0.15) is 33.2 Å². The first-order chi connectivity index (χ1) is 14.0. The third kappa shape index (κ3) is 4.87. The number of rotatable bonds is 5. The molecule has 0 atom stereocenters. The van der Waals surface area contributed by atoms with Crippen LogP contribution in [0.4, 0.5) is 0 Å². The Hall–Kier alpha value is -3.48. The van der Waals surface area contributed by atoms with E-state index in [1.54, 1.807) is 58.3 Å². The second-order valence-corrected chi connectivity index (χ2v) is 6.70. The number of carbonyl (C=O) groups is 4. The highest BCUT2D eigenvalue weighted by Crippen LogP contribution is 2.16. The highest BCUT2D eigenvalue weighted by Gasteiger charge is 2.24. The minimum Gasteiger partial charge on any atom is -0.452 e. The van der Waals surface area contributed by atoms with E-state index in [0.717, 1.165) is 0 Å². The van der Waals surface area contributed by atoms with E-state index >= 15 is 0 Å². The number of piperazine rings is 1. The van der Waals surface area contributed by atoms with E-state index in [1.807, 2.05) is 0 Å². The number of carbonyl (C=O) groups excluding carboxylic acids is 4. The van der Waals surface area contributed by atoms with E-state index in [1.165, 1.54) is 13.0 Å². The molecule has 29 heavy (non-hydrogen) atoms. The van der Waals surface area contributed by atoms with Crippen LogP contribution >= 0.6 is 0 Å². The molecule has 7 heteroatoms. The molecule has 2 aromatic carbocycles. The second-order valence-electron chi connectivity index (χ2n) is 6.70. The van der Waals surface area contributed by atoms with Gasteiger partial charge in [-0.3, -0.25) is 14.4 Å². The lowest BCUT2D eigenvalue weighted by Crippen LogP contribution is -2.51. The van der Waals surface area contributed by atoms with E-state index in [0.29, 0.717) is 31.7 Å². The number of hydrogen-bond acceptors (Lipinski definition) is 5. The number of esters is 1. The molecule has 1 heterocycles. The Kier molecular flexibility index (Phi) is 6.39. The fourth-order valence-corrected chi connectivity index (χ4v) is 3.17. The molecule has 0 unspecified atom stereocenters. The van der Waals surface area contributed by atoms with Gasteiger partial charge >= 0.3 is 5.97 Å². The monoisotopic (exact) mass is 394 g/mol. The van der Waals surface area contributed by atoms with E-state index in [2.05, 4.69) is 0 Å². The van der Waals surface area contributed by atoms with Crippen molar-refractivity contribution >= 4 is 23.6 Å². The predicted octanol–water partition coefficient (Wildman–Crippen LogP) is 1.77. The van der Waals surface area contributed by atoms with Crippen molar-refractivity contribution in [3.8, 4) is 0 Å². The second kappa shape index (κ2) is 9.14. The van der Waals surface area contributed by atoms with Gasteiger partial charge in [-0.2, -0.15) is 0 Å². The van der Waals surface area contributed by atoms with Crippen LogP contribution in [0.3, 0.4) is 0 Å². The van der Waals surface area contributed by atoms with Crippen LogP contribution < -0.4 is 0 Å². The van der Waals surface area contributed by atoms with Crippen molar-refractivity contribution < 1.29 is 23.9 Å². The maximum atomic E-state index is 12.7. The van der Waals surface area contributed by atoms with Crippen LogP contribution in [0.2, 0.25) is 0 Å². The molecule has 1 aliphatic rings. The van der Waals surface area contributed by atoms with Gasteiger partial charge in [0.1, 0.15) is 0 Å². The van der Waals surface area contributed by atoms with Gasteiger partial charge < -0.3 is 14.5 Å². The minimum atomic E-state index is -0.722. The smallest absolute Gasteiger partial charge is 0.339 e. The maximum absolute atomic E-state index is 12.7. The van der Waals surface area contributed by atoms with Gasteiger partial charge in [0.05, 0.1) is 5.56 Å². The normalized spacial score (nSPS) is 13.7. The van der Waals surface area contributed by atoms with Crippen molar-refractivity contribution in [2.45, 2.75) is 6.92 Å². The van der Waals surface area contributed by atoms with Gasteiger partial charge in [-0.1, -0.05) is 48.5 Å². The van der Waals surface area contributed by atoms with Gasteiger partial charge in [0, 0.05) is 44.2 Å². The minimum absolute atomic E-state index is 0.0248. The van der Waals surface area contributed by atoms with Crippen molar-refractivity contribution in [1.82, 2.24) is 9.80 Å². The molecule has 3 rings (SSSR count). The average molecular weight is 394 g/mol. The van der Waals surface area contributed by atoms with Crippen molar-refractivity contribution in [2.75, 3.05) is 32.8 Å². The molecule has 150 valence electrons. The third-order valence-corrected chi connectivity index (χ3v) is 4.83. The van der Waals surface area contributed by atoms with Crippen molar-refractivity contribution in [2.24, 2.45) is 0 Å². The molecule has 2 amide bonds. The summed E-state index contributed by atoms with van der Waals surface area (Å²) in [5.74, 6) is -1.36. The molecule has 1 saturated heterocycles. The summed E-state index contributed by atoms with van der Waals surface area (Å²) in [6.07, 6.45) is 0.